The molecule has 0 aromatic rings. The molecular weight excluding hydrogens is 326 g/mol. The maximum atomic E-state index is 6.08. The van der Waals surface area contributed by atoms with Crippen LogP contribution in [0.25, 0.3) is 0 Å². The van der Waals surface area contributed by atoms with E-state index in [9.17, 15) is 0 Å². The van der Waals surface area contributed by atoms with Crippen LogP contribution < -0.4 is 10.6 Å². The molecule has 1 aliphatic heterocycles. The third-order valence-electron chi connectivity index (χ3n) is 6.35. The smallest absolute Gasteiger partial charge is 0.191 e. The molecule has 2 unspecified atom stereocenters. The Balaban J connectivity index is 1.57. The van der Waals surface area contributed by atoms with Gasteiger partial charge in [-0.15, -0.1) is 0 Å². The van der Waals surface area contributed by atoms with Gasteiger partial charge in [0, 0.05) is 31.2 Å². The first-order chi connectivity index (χ1) is 12.8. The highest BCUT2D eigenvalue weighted by molar-refractivity contribution is 5.80. The number of hydrogen-bond donors (Lipinski definition) is 2. The van der Waals surface area contributed by atoms with E-state index in [1.165, 1.54) is 37.7 Å². The van der Waals surface area contributed by atoms with Crippen molar-refractivity contribution in [2.75, 3.05) is 32.9 Å². The van der Waals surface area contributed by atoms with Crippen LogP contribution in [0, 0.1) is 5.41 Å². The number of aliphatic imine (C=N–C) groups is 1. The summed E-state index contributed by atoms with van der Waals surface area (Å²) in [6.07, 6.45) is 12.5. The van der Waals surface area contributed by atoms with E-state index in [2.05, 4.69) is 30.6 Å². The predicted octanol–water partition coefficient (Wildman–Crippen LogP) is 3.41. The standard InChI is InChI=1S/C21H37N3O2/c1-3-22-20(23-13-8-17-9-14-25-15-10-17)24-18-16-19(26-4-2)21(18)11-6-5-7-12-21/h9,18-19H,3-8,10-16H2,1-2H3,(H2,22,23,24). The SMILES string of the molecule is CCNC(=NCCC1=CCOCC1)NC1CC(OCC)C12CCCCC2. The molecule has 2 saturated carbocycles. The van der Waals surface area contributed by atoms with Crippen LogP contribution in [0.1, 0.15) is 65.2 Å². The Morgan fingerprint density at radius 1 is 1.31 bits per heavy atom. The highest BCUT2D eigenvalue weighted by Gasteiger charge is 2.55. The van der Waals surface area contributed by atoms with Gasteiger partial charge in [-0.2, -0.15) is 0 Å². The van der Waals surface area contributed by atoms with E-state index in [-0.39, 0.29) is 0 Å². The van der Waals surface area contributed by atoms with Gasteiger partial charge in [-0.1, -0.05) is 30.9 Å². The average molecular weight is 364 g/mol. The quantitative estimate of drug-likeness (QED) is 0.413. The maximum absolute atomic E-state index is 6.08. The molecule has 0 bridgehead atoms. The van der Waals surface area contributed by atoms with Gasteiger partial charge in [-0.25, -0.2) is 0 Å². The van der Waals surface area contributed by atoms with Gasteiger partial charge in [0.1, 0.15) is 0 Å². The molecule has 3 rings (SSSR count). The van der Waals surface area contributed by atoms with Crippen LogP contribution in [0.5, 0.6) is 0 Å². The Bertz CT molecular complexity index is 497. The van der Waals surface area contributed by atoms with Gasteiger partial charge in [0.2, 0.25) is 0 Å². The lowest BCUT2D eigenvalue weighted by atomic mass is 9.55. The Morgan fingerprint density at radius 3 is 2.85 bits per heavy atom. The zero-order chi connectivity index (χ0) is 18.2. The lowest BCUT2D eigenvalue weighted by molar-refractivity contribution is -0.145. The van der Waals surface area contributed by atoms with Gasteiger partial charge in [-0.3, -0.25) is 4.99 Å². The molecule has 0 saturated heterocycles. The lowest BCUT2D eigenvalue weighted by Gasteiger charge is -2.58. The molecule has 2 fully saturated rings. The number of nitrogens with zero attached hydrogens (tertiary/aromatic N) is 1. The monoisotopic (exact) mass is 363 g/mol. The minimum Gasteiger partial charge on any atom is -0.378 e. The molecular formula is C21H37N3O2. The molecule has 2 atom stereocenters. The fourth-order valence-electron chi connectivity index (χ4n) is 4.85. The number of guanidine groups is 1. The fraction of sp³-hybridized carbons (Fsp3) is 0.857. The molecule has 1 spiro atoms. The van der Waals surface area contributed by atoms with E-state index >= 15 is 0 Å². The Kier molecular flexibility index (Phi) is 7.38. The molecule has 26 heavy (non-hydrogen) atoms. The van der Waals surface area contributed by atoms with Crippen molar-refractivity contribution in [3.63, 3.8) is 0 Å². The average Bonchev–Trinajstić information content (AvgIpc) is 2.68. The summed E-state index contributed by atoms with van der Waals surface area (Å²) in [6.45, 7) is 8.45. The van der Waals surface area contributed by atoms with Crippen LogP contribution in [-0.2, 0) is 9.47 Å². The Hall–Kier alpha value is -1.07. The van der Waals surface area contributed by atoms with Gasteiger partial charge in [-0.05, 0) is 46.0 Å². The molecule has 1 heterocycles. The van der Waals surface area contributed by atoms with Crippen molar-refractivity contribution in [2.45, 2.75) is 77.4 Å². The normalized spacial score (nSPS) is 28.4. The first-order valence-electron chi connectivity index (χ1n) is 10.7. The largest absolute Gasteiger partial charge is 0.378 e. The molecule has 2 aliphatic carbocycles. The zero-order valence-corrected chi connectivity index (χ0v) is 16.7. The number of hydrogen-bond acceptors (Lipinski definition) is 3. The van der Waals surface area contributed by atoms with Gasteiger partial charge in [0.15, 0.2) is 5.96 Å². The Labute approximate surface area is 159 Å². The summed E-state index contributed by atoms with van der Waals surface area (Å²) < 4.78 is 11.5. The molecule has 2 N–H and O–H groups in total. The topological polar surface area (TPSA) is 54.9 Å². The van der Waals surface area contributed by atoms with Gasteiger partial charge in [0.25, 0.3) is 0 Å². The molecule has 148 valence electrons. The molecule has 0 aromatic carbocycles. The van der Waals surface area contributed by atoms with Crippen LogP contribution in [0.15, 0.2) is 16.6 Å². The predicted molar refractivity (Wildman–Crippen MR) is 107 cm³/mol. The highest BCUT2D eigenvalue weighted by atomic mass is 16.5. The van der Waals surface area contributed by atoms with Gasteiger partial charge < -0.3 is 20.1 Å². The summed E-state index contributed by atoms with van der Waals surface area (Å²) in [5.74, 6) is 0.977. The second-order valence-corrected chi connectivity index (χ2v) is 7.87. The summed E-state index contributed by atoms with van der Waals surface area (Å²) in [4.78, 5) is 4.85. The highest BCUT2D eigenvalue weighted by Crippen LogP contribution is 2.53. The van der Waals surface area contributed by atoms with Crippen molar-refractivity contribution in [3.8, 4) is 0 Å². The Morgan fingerprint density at radius 2 is 2.15 bits per heavy atom. The van der Waals surface area contributed by atoms with Crippen molar-refractivity contribution in [2.24, 2.45) is 10.4 Å². The van der Waals surface area contributed by atoms with Crippen LogP contribution in [-0.4, -0.2) is 51.0 Å². The second-order valence-electron chi connectivity index (χ2n) is 7.87. The van der Waals surface area contributed by atoms with Gasteiger partial charge >= 0.3 is 0 Å². The van der Waals surface area contributed by atoms with Crippen LogP contribution in [0.4, 0.5) is 0 Å². The maximum Gasteiger partial charge on any atom is 0.191 e. The summed E-state index contributed by atoms with van der Waals surface area (Å²) in [5.41, 5.74) is 1.81. The van der Waals surface area contributed by atoms with E-state index in [1.807, 2.05) is 0 Å². The van der Waals surface area contributed by atoms with Crippen molar-refractivity contribution in [1.29, 1.82) is 0 Å². The second kappa shape index (κ2) is 9.75. The number of rotatable bonds is 7. The summed E-state index contributed by atoms with van der Waals surface area (Å²) in [7, 11) is 0. The van der Waals surface area contributed by atoms with E-state index in [0.717, 1.165) is 58.1 Å². The molecule has 3 aliphatic rings. The van der Waals surface area contributed by atoms with E-state index in [1.54, 1.807) is 0 Å². The van der Waals surface area contributed by atoms with Crippen molar-refractivity contribution in [3.05, 3.63) is 11.6 Å². The van der Waals surface area contributed by atoms with E-state index in [4.69, 9.17) is 14.5 Å². The van der Waals surface area contributed by atoms with Crippen molar-refractivity contribution in [1.82, 2.24) is 10.6 Å². The molecule has 0 amide bonds. The molecule has 5 nitrogen and oxygen atoms in total. The zero-order valence-electron chi connectivity index (χ0n) is 16.7. The van der Waals surface area contributed by atoms with E-state index < -0.39 is 0 Å². The van der Waals surface area contributed by atoms with Crippen LogP contribution in [0.2, 0.25) is 0 Å². The third-order valence-corrected chi connectivity index (χ3v) is 6.35. The van der Waals surface area contributed by atoms with E-state index in [0.29, 0.717) is 17.6 Å². The first kappa shape index (κ1) is 19.7. The molecule has 0 radical (unpaired) electrons. The summed E-state index contributed by atoms with van der Waals surface area (Å²) >= 11 is 0. The van der Waals surface area contributed by atoms with Crippen LogP contribution in [0.3, 0.4) is 0 Å². The van der Waals surface area contributed by atoms with Crippen molar-refractivity contribution >= 4 is 5.96 Å². The minimum atomic E-state index is 0.327. The van der Waals surface area contributed by atoms with Gasteiger partial charge in [0.05, 0.1) is 19.3 Å². The number of ether oxygens (including phenoxy) is 2. The summed E-state index contributed by atoms with van der Waals surface area (Å²) in [6, 6.07) is 0.499. The fourth-order valence-corrected chi connectivity index (χ4v) is 4.85. The number of nitrogens with one attached hydrogen (secondary N) is 2. The molecule has 0 aromatic heterocycles. The third kappa shape index (κ3) is 4.61. The first-order valence-corrected chi connectivity index (χ1v) is 10.7. The lowest BCUT2D eigenvalue weighted by Crippen LogP contribution is -2.66. The molecule has 5 heteroatoms. The van der Waals surface area contributed by atoms with Crippen molar-refractivity contribution < 1.29 is 9.47 Å². The minimum absolute atomic E-state index is 0.327. The summed E-state index contributed by atoms with van der Waals surface area (Å²) in [5, 5.41) is 7.20. The van der Waals surface area contributed by atoms with Crippen LogP contribution >= 0.6 is 0 Å².